The largest absolute Gasteiger partial charge is 0.352 e. The van der Waals surface area contributed by atoms with Crippen molar-refractivity contribution in [2.75, 3.05) is 19.6 Å². The number of nitrogens with zero attached hydrogens (tertiary/aromatic N) is 1. The van der Waals surface area contributed by atoms with E-state index in [1.54, 1.807) is 13.8 Å². The molecule has 0 radical (unpaired) electrons. The van der Waals surface area contributed by atoms with Gasteiger partial charge < -0.3 is 31.8 Å². The highest BCUT2D eigenvalue weighted by atomic mass is 32.1. The molecule has 1 heterocycles. The molecular formula is C20H33BN6O7S. The molecule has 35 heavy (non-hydrogen) atoms. The number of nitrogens with one attached hydrogen (secondary N) is 4. The number of likely N-dealkylation sites (tertiary alicyclic amines) is 1. The minimum Gasteiger partial charge on any atom is -0.352 e. The van der Waals surface area contributed by atoms with Crippen LogP contribution in [0, 0.1) is 5.92 Å². The second kappa shape index (κ2) is 14.3. The number of rotatable bonds is 14. The van der Waals surface area contributed by atoms with Gasteiger partial charge in [-0.3, -0.25) is 28.9 Å². The molecule has 194 valence electrons. The summed E-state index contributed by atoms with van der Waals surface area (Å²) in [5, 5.41) is 9.26. The number of amides is 7. The Kier molecular flexibility index (Phi) is 12.3. The SMILES string of the molecule is BC(=O)CNC(=O)[C@H](CCCNC(N)=O)NC(=O)C(NC(=O)CCN1C(=O)CC(S)C1=O)C(C)C. The number of primary amides is 1. The molecule has 1 saturated heterocycles. The Balaban J connectivity index is 2.76. The second-order valence-electron chi connectivity index (χ2n) is 8.56. The van der Waals surface area contributed by atoms with Crippen LogP contribution in [0.25, 0.3) is 0 Å². The summed E-state index contributed by atoms with van der Waals surface area (Å²) in [6, 6.07) is -2.75. The Hall–Kier alpha value is -3.10. The maximum absolute atomic E-state index is 12.9. The van der Waals surface area contributed by atoms with Gasteiger partial charge in [0.15, 0.2) is 7.85 Å². The van der Waals surface area contributed by atoms with Gasteiger partial charge in [-0.15, -0.1) is 0 Å². The Morgan fingerprint density at radius 3 is 2.29 bits per heavy atom. The summed E-state index contributed by atoms with van der Waals surface area (Å²) in [4.78, 5) is 84.7. The number of carbonyl (C=O) groups is 7. The van der Waals surface area contributed by atoms with Crippen molar-refractivity contribution in [3.8, 4) is 0 Å². The first kappa shape index (κ1) is 29.9. The number of hydrogen-bond acceptors (Lipinski definition) is 8. The first-order valence-electron chi connectivity index (χ1n) is 11.3. The molecule has 1 aliphatic heterocycles. The van der Waals surface area contributed by atoms with Gasteiger partial charge in [-0.25, -0.2) is 4.79 Å². The van der Waals surface area contributed by atoms with E-state index in [2.05, 4.69) is 33.9 Å². The van der Waals surface area contributed by atoms with E-state index < -0.39 is 52.9 Å². The second-order valence-corrected chi connectivity index (χ2v) is 9.18. The van der Waals surface area contributed by atoms with Crippen LogP contribution in [0.1, 0.15) is 39.5 Å². The molecule has 0 aromatic rings. The zero-order chi connectivity index (χ0) is 26.7. The molecule has 0 aromatic carbocycles. The smallest absolute Gasteiger partial charge is 0.312 e. The van der Waals surface area contributed by atoms with Crippen molar-refractivity contribution in [2.24, 2.45) is 11.7 Å². The van der Waals surface area contributed by atoms with Gasteiger partial charge >= 0.3 is 6.03 Å². The zero-order valence-corrected chi connectivity index (χ0v) is 21.0. The van der Waals surface area contributed by atoms with Gasteiger partial charge in [-0.2, -0.15) is 12.6 Å². The summed E-state index contributed by atoms with van der Waals surface area (Å²) in [6.45, 7) is 3.23. The quantitative estimate of drug-likeness (QED) is 0.0609. The van der Waals surface area contributed by atoms with E-state index in [9.17, 15) is 33.6 Å². The number of thiol groups is 1. The van der Waals surface area contributed by atoms with E-state index >= 15 is 0 Å². The zero-order valence-electron chi connectivity index (χ0n) is 20.1. The highest BCUT2D eigenvalue weighted by molar-refractivity contribution is 7.81. The minimum atomic E-state index is -1.03. The van der Waals surface area contributed by atoms with Crippen LogP contribution in [0.5, 0.6) is 0 Å². The molecule has 0 saturated carbocycles. The fourth-order valence-electron chi connectivity index (χ4n) is 3.28. The molecule has 1 rings (SSSR count). The van der Waals surface area contributed by atoms with E-state index in [1.807, 2.05) is 0 Å². The molecule has 6 N–H and O–H groups in total. The maximum Gasteiger partial charge on any atom is 0.312 e. The van der Waals surface area contributed by atoms with Crippen molar-refractivity contribution >= 4 is 61.7 Å². The van der Waals surface area contributed by atoms with Crippen LogP contribution < -0.4 is 27.0 Å². The minimum absolute atomic E-state index is 0.0252. The van der Waals surface area contributed by atoms with Crippen molar-refractivity contribution in [3.05, 3.63) is 0 Å². The maximum atomic E-state index is 12.9. The monoisotopic (exact) mass is 512 g/mol. The molecule has 2 unspecified atom stereocenters. The Morgan fingerprint density at radius 2 is 1.77 bits per heavy atom. The first-order valence-corrected chi connectivity index (χ1v) is 11.8. The van der Waals surface area contributed by atoms with Crippen molar-refractivity contribution in [1.82, 2.24) is 26.2 Å². The predicted molar refractivity (Wildman–Crippen MR) is 131 cm³/mol. The average Bonchev–Trinajstić information content (AvgIpc) is 3.01. The number of imide groups is 1. The molecule has 15 heteroatoms. The summed E-state index contributed by atoms with van der Waals surface area (Å²) in [6.07, 6.45) is 0.223. The van der Waals surface area contributed by atoms with Gasteiger partial charge in [-0.1, -0.05) is 13.8 Å². The average molecular weight is 512 g/mol. The van der Waals surface area contributed by atoms with Gasteiger partial charge in [0.05, 0.1) is 11.8 Å². The molecule has 0 aliphatic carbocycles. The van der Waals surface area contributed by atoms with Crippen LogP contribution in [0.2, 0.25) is 0 Å². The lowest BCUT2D eigenvalue weighted by Crippen LogP contribution is -2.56. The fraction of sp³-hybridized carbons (Fsp3) is 0.650. The third-order valence-electron chi connectivity index (χ3n) is 5.16. The van der Waals surface area contributed by atoms with Crippen molar-refractivity contribution < 1.29 is 33.6 Å². The fourth-order valence-corrected chi connectivity index (χ4v) is 3.57. The predicted octanol–water partition coefficient (Wildman–Crippen LogP) is -3.22. The summed E-state index contributed by atoms with van der Waals surface area (Å²) in [5.41, 5.74) is 4.74. The molecule has 13 nitrogen and oxygen atoms in total. The Labute approximate surface area is 209 Å². The van der Waals surface area contributed by atoms with Crippen molar-refractivity contribution in [1.29, 1.82) is 0 Å². The Bertz CT molecular complexity index is 856. The highest BCUT2D eigenvalue weighted by Gasteiger charge is 2.36. The van der Waals surface area contributed by atoms with Gasteiger partial charge in [0.1, 0.15) is 17.8 Å². The Morgan fingerprint density at radius 1 is 1.11 bits per heavy atom. The molecule has 1 fully saturated rings. The van der Waals surface area contributed by atoms with E-state index in [1.165, 1.54) is 7.85 Å². The molecule has 0 bridgehead atoms. The third-order valence-corrected chi connectivity index (χ3v) is 5.57. The summed E-state index contributed by atoms with van der Waals surface area (Å²) < 4.78 is 0. The first-order chi connectivity index (χ1) is 16.3. The number of carbonyl (C=O) groups excluding carboxylic acids is 7. The van der Waals surface area contributed by atoms with Crippen molar-refractivity contribution in [3.63, 3.8) is 0 Å². The van der Waals surface area contributed by atoms with Crippen LogP contribution in [-0.2, 0) is 28.8 Å². The van der Waals surface area contributed by atoms with Crippen molar-refractivity contribution in [2.45, 2.75) is 56.9 Å². The lowest BCUT2D eigenvalue weighted by atomic mass is 10.0. The van der Waals surface area contributed by atoms with E-state index in [4.69, 9.17) is 5.73 Å². The normalized spacial score (nSPS) is 17.0. The van der Waals surface area contributed by atoms with E-state index in [-0.39, 0.29) is 50.5 Å². The highest BCUT2D eigenvalue weighted by Crippen LogP contribution is 2.17. The molecule has 0 spiro atoms. The van der Waals surface area contributed by atoms with Crippen LogP contribution >= 0.6 is 12.6 Å². The van der Waals surface area contributed by atoms with Gasteiger partial charge in [0.2, 0.25) is 29.5 Å². The number of urea groups is 1. The lowest BCUT2D eigenvalue weighted by Gasteiger charge is -2.25. The molecule has 7 amide bonds. The van der Waals surface area contributed by atoms with E-state index in [0.717, 1.165) is 4.90 Å². The topological polar surface area (TPSA) is 197 Å². The molecule has 3 atom stereocenters. The molecule has 1 aliphatic rings. The van der Waals surface area contributed by atoms with Crippen LogP contribution in [0.15, 0.2) is 0 Å². The summed E-state index contributed by atoms with van der Waals surface area (Å²) in [5.74, 6) is -2.99. The van der Waals surface area contributed by atoms with Crippen LogP contribution in [0.4, 0.5) is 4.79 Å². The standard InChI is InChI=1S/C20H33BN6O7S/c1-10(2)16(26-14(29)5-7-27-15(30)8-12(35)19(27)33)18(32)25-11(4-3-6-23-20(22)34)17(31)24-9-13(21)28/h10-12,16,35H,3-9,21H2,1-2H3,(H,24,31)(H,25,32)(H,26,29)(H3,22,23,34)/t11-,12?,16?/m0/s1. The number of nitrogens with two attached hydrogens (primary N) is 1. The van der Waals surface area contributed by atoms with Gasteiger partial charge in [0, 0.05) is 25.9 Å². The van der Waals surface area contributed by atoms with E-state index in [0.29, 0.717) is 6.42 Å². The van der Waals surface area contributed by atoms with Gasteiger partial charge in [-0.05, 0) is 18.8 Å². The van der Waals surface area contributed by atoms with Crippen LogP contribution in [0.3, 0.4) is 0 Å². The molecular weight excluding hydrogens is 479 g/mol. The van der Waals surface area contributed by atoms with Gasteiger partial charge in [0.25, 0.3) is 0 Å². The summed E-state index contributed by atoms with van der Waals surface area (Å²) in [7, 11) is 1.30. The third kappa shape index (κ3) is 10.4. The summed E-state index contributed by atoms with van der Waals surface area (Å²) >= 11 is 4.03. The molecule has 0 aromatic heterocycles. The number of hydrogen-bond donors (Lipinski definition) is 6. The van der Waals surface area contributed by atoms with Crippen LogP contribution in [-0.4, -0.2) is 91.0 Å². The lowest BCUT2D eigenvalue weighted by molar-refractivity contribution is -0.139.